The topological polar surface area (TPSA) is 64.3 Å². The quantitative estimate of drug-likeness (QED) is 0.802. The van der Waals surface area contributed by atoms with E-state index in [9.17, 15) is 4.79 Å². The van der Waals surface area contributed by atoms with E-state index in [4.69, 9.17) is 10.5 Å². The molecule has 18 heavy (non-hydrogen) atoms. The van der Waals surface area contributed by atoms with Gasteiger partial charge in [-0.1, -0.05) is 30.3 Å². The zero-order valence-corrected chi connectivity index (χ0v) is 11.3. The molecule has 1 aromatic carbocycles. The Balaban J connectivity index is 2.60. The van der Waals surface area contributed by atoms with Crippen molar-refractivity contribution in [3.8, 4) is 0 Å². The summed E-state index contributed by atoms with van der Waals surface area (Å²) in [7, 11) is 0. The molecular weight excluding hydrogens is 228 g/mol. The fraction of sp³-hybridized carbons (Fsp3) is 0.500. The van der Waals surface area contributed by atoms with E-state index in [0.717, 1.165) is 5.56 Å². The minimum Gasteiger partial charge on any atom is -0.377 e. The lowest BCUT2D eigenvalue weighted by Gasteiger charge is -2.25. The maximum atomic E-state index is 12.1. The summed E-state index contributed by atoms with van der Waals surface area (Å²) in [5.74, 6) is -0.194. The van der Waals surface area contributed by atoms with Crippen molar-refractivity contribution in [1.82, 2.24) is 5.32 Å². The number of nitrogens with two attached hydrogens (primary N) is 1. The molecule has 0 aromatic heterocycles. The monoisotopic (exact) mass is 250 g/mol. The smallest absolute Gasteiger partial charge is 0.244 e. The molecule has 3 N–H and O–H groups in total. The number of ether oxygens (including phenoxy) is 1. The standard InChI is InChI=1S/C14H22N2O2/c1-4-18-11(2)10-16-13(17)14(3,15)12-8-6-5-7-9-12/h5-9,11H,4,10,15H2,1-3H3,(H,16,17). The van der Waals surface area contributed by atoms with Gasteiger partial charge in [0.15, 0.2) is 0 Å². The highest BCUT2D eigenvalue weighted by Gasteiger charge is 2.30. The van der Waals surface area contributed by atoms with Gasteiger partial charge in [-0.2, -0.15) is 0 Å². The van der Waals surface area contributed by atoms with Crippen LogP contribution in [0.25, 0.3) is 0 Å². The van der Waals surface area contributed by atoms with E-state index in [2.05, 4.69) is 5.32 Å². The third-order valence-electron chi connectivity index (χ3n) is 2.85. The molecule has 0 fully saturated rings. The van der Waals surface area contributed by atoms with E-state index in [1.165, 1.54) is 0 Å². The molecular formula is C14H22N2O2. The number of hydrogen-bond donors (Lipinski definition) is 2. The Bertz CT molecular complexity index is 377. The summed E-state index contributed by atoms with van der Waals surface area (Å²) in [6, 6.07) is 9.35. The summed E-state index contributed by atoms with van der Waals surface area (Å²) in [6.45, 7) is 6.65. The Kier molecular flexibility index (Phi) is 5.31. The second-order valence-electron chi connectivity index (χ2n) is 4.54. The number of nitrogens with one attached hydrogen (secondary N) is 1. The molecule has 0 heterocycles. The lowest BCUT2D eigenvalue weighted by atomic mass is 9.92. The molecule has 4 nitrogen and oxygen atoms in total. The number of carbonyl (C=O) groups excluding carboxylic acids is 1. The Morgan fingerprint density at radius 3 is 2.61 bits per heavy atom. The van der Waals surface area contributed by atoms with E-state index in [-0.39, 0.29) is 12.0 Å². The van der Waals surface area contributed by atoms with E-state index in [0.29, 0.717) is 13.2 Å². The molecule has 0 aliphatic carbocycles. The van der Waals surface area contributed by atoms with Gasteiger partial charge in [0.25, 0.3) is 0 Å². The number of rotatable bonds is 6. The Morgan fingerprint density at radius 1 is 1.44 bits per heavy atom. The van der Waals surface area contributed by atoms with Gasteiger partial charge in [-0.05, 0) is 26.3 Å². The van der Waals surface area contributed by atoms with Crippen LogP contribution >= 0.6 is 0 Å². The van der Waals surface area contributed by atoms with Crippen LogP contribution in [-0.2, 0) is 15.1 Å². The van der Waals surface area contributed by atoms with Crippen LogP contribution in [0.5, 0.6) is 0 Å². The Hall–Kier alpha value is -1.39. The third-order valence-corrected chi connectivity index (χ3v) is 2.85. The molecule has 2 atom stereocenters. The summed E-state index contributed by atoms with van der Waals surface area (Å²) in [6.07, 6.45) is -0.00877. The molecule has 1 aromatic rings. The highest BCUT2D eigenvalue weighted by atomic mass is 16.5. The maximum absolute atomic E-state index is 12.1. The van der Waals surface area contributed by atoms with Crippen molar-refractivity contribution in [1.29, 1.82) is 0 Å². The molecule has 100 valence electrons. The van der Waals surface area contributed by atoms with E-state index in [1.54, 1.807) is 6.92 Å². The van der Waals surface area contributed by atoms with Crippen LogP contribution < -0.4 is 11.1 Å². The minimum absolute atomic E-state index is 0.00877. The molecule has 0 saturated carbocycles. The van der Waals surface area contributed by atoms with Crippen molar-refractivity contribution in [3.05, 3.63) is 35.9 Å². The SMILES string of the molecule is CCOC(C)CNC(=O)C(C)(N)c1ccccc1. The van der Waals surface area contributed by atoms with Gasteiger partial charge in [-0.15, -0.1) is 0 Å². The highest BCUT2D eigenvalue weighted by molar-refractivity contribution is 5.86. The lowest BCUT2D eigenvalue weighted by Crippen LogP contribution is -2.50. The molecule has 0 bridgehead atoms. The maximum Gasteiger partial charge on any atom is 0.244 e. The number of benzene rings is 1. The summed E-state index contributed by atoms with van der Waals surface area (Å²) in [5, 5.41) is 2.82. The van der Waals surface area contributed by atoms with E-state index >= 15 is 0 Å². The number of amides is 1. The molecule has 0 radical (unpaired) electrons. The van der Waals surface area contributed by atoms with Crippen molar-refractivity contribution < 1.29 is 9.53 Å². The minimum atomic E-state index is -1.02. The highest BCUT2D eigenvalue weighted by Crippen LogP contribution is 2.17. The van der Waals surface area contributed by atoms with Crippen LogP contribution in [-0.4, -0.2) is 25.2 Å². The second-order valence-corrected chi connectivity index (χ2v) is 4.54. The Morgan fingerprint density at radius 2 is 2.06 bits per heavy atom. The first-order chi connectivity index (χ1) is 8.48. The number of carbonyl (C=O) groups is 1. The van der Waals surface area contributed by atoms with Gasteiger partial charge in [0.2, 0.25) is 5.91 Å². The summed E-state index contributed by atoms with van der Waals surface area (Å²) in [5.41, 5.74) is 5.87. The van der Waals surface area contributed by atoms with Crippen LogP contribution in [0.3, 0.4) is 0 Å². The first-order valence-corrected chi connectivity index (χ1v) is 6.22. The van der Waals surface area contributed by atoms with Crippen LogP contribution in [0, 0.1) is 0 Å². The lowest BCUT2D eigenvalue weighted by molar-refractivity contribution is -0.126. The van der Waals surface area contributed by atoms with Gasteiger partial charge in [0, 0.05) is 13.2 Å². The number of hydrogen-bond acceptors (Lipinski definition) is 3. The molecule has 0 aliphatic heterocycles. The third kappa shape index (κ3) is 3.82. The first kappa shape index (κ1) is 14.7. The van der Waals surface area contributed by atoms with Crippen molar-refractivity contribution in [2.45, 2.75) is 32.4 Å². The normalized spacial score (nSPS) is 15.8. The largest absolute Gasteiger partial charge is 0.377 e. The first-order valence-electron chi connectivity index (χ1n) is 6.22. The Labute approximate surface area is 109 Å². The average Bonchev–Trinajstić information content (AvgIpc) is 2.37. The van der Waals surface area contributed by atoms with Crippen LogP contribution in [0.15, 0.2) is 30.3 Å². The van der Waals surface area contributed by atoms with Crippen molar-refractivity contribution in [2.75, 3.05) is 13.2 Å². The summed E-state index contributed by atoms with van der Waals surface area (Å²) >= 11 is 0. The van der Waals surface area contributed by atoms with Crippen molar-refractivity contribution in [2.24, 2.45) is 5.73 Å². The zero-order chi connectivity index (χ0) is 13.6. The second kappa shape index (κ2) is 6.52. The predicted octanol–water partition coefficient (Wildman–Crippen LogP) is 1.40. The van der Waals surface area contributed by atoms with Gasteiger partial charge in [0.05, 0.1) is 6.10 Å². The molecule has 0 saturated heterocycles. The van der Waals surface area contributed by atoms with Crippen molar-refractivity contribution in [3.63, 3.8) is 0 Å². The van der Waals surface area contributed by atoms with Crippen LogP contribution in [0.2, 0.25) is 0 Å². The molecule has 1 amide bonds. The fourth-order valence-electron chi connectivity index (χ4n) is 1.68. The van der Waals surface area contributed by atoms with E-state index in [1.807, 2.05) is 44.2 Å². The van der Waals surface area contributed by atoms with Gasteiger partial charge in [-0.3, -0.25) is 4.79 Å². The molecule has 0 aliphatic rings. The van der Waals surface area contributed by atoms with Gasteiger partial charge < -0.3 is 15.8 Å². The van der Waals surface area contributed by atoms with Gasteiger partial charge >= 0.3 is 0 Å². The average molecular weight is 250 g/mol. The van der Waals surface area contributed by atoms with E-state index < -0.39 is 5.54 Å². The zero-order valence-electron chi connectivity index (χ0n) is 11.3. The van der Waals surface area contributed by atoms with Crippen LogP contribution in [0.1, 0.15) is 26.3 Å². The van der Waals surface area contributed by atoms with Crippen LogP contribution in [0.4, 0.5) is 0 Å². The van der Waals surface area contributed by atoms with Crippen molar-refractivity contribution >= 4 is 5.91 Å². The summed E-state index contributed by atoms with van der Waals surface area (Å²) in [4.78, 5) is 12.1. The molecule has 2 unspecified atom stereocenters. The fourth-order valence-corrected chi connectivity index (χ4v) is 1.68. The molecule has 1 rings (SSSR count). The van der Waals surface area contributed by atoms with Gasteiger partial charge in [-0.25, -0.2) is 0 Å². The molecule has 4 heteroatoms. The van der Waals surface area contributed by atoms with Gasteiger partial charge in [0.1, 0.15) is 5.54 Å². The molecule has 0 spiro atoms. The predicted molar refractivity (Wildman–Crippen MR) is 72.1 cm³/mol. The summed E-state index contributed by atoms with van der Waals surface area (Å²) < 4.78 is 5.36.